The molecule has 2 atom stereocenters. The van der Waals surface area contributed by atoms with Crippen molar-refractivity contribution in [3.63, 3.8) is 0 Å². The lowest BCUT2D eigenvalue weighted by molar-refractivity contribution is -0.145. The van der Waals surface area contributed by atoms with Crippen molar-refractivity contribution in [1.29, 1.82) is 0 Å². The van der Waals surface area contributed by atoms with E-state index in [1.165, 1.54) is 7.11 Å². The SMILES string of the molecule is COC(=O)[C@@H](CC1CC1)NC(=O)[C@H]1CCC(=O)N1. The molecule has 1 saturated carbocycles. The first kappa shape index (κ1) is 12.9. The monoisotopic (exact) mass is 254 g/mol. The van der Waals surface area contributed by atoms with Crippen LogP contribution in [0, 0.1) is 5.92 Å². The quantitative estimate of drug-likeness (QED) is 0.661. The minimum Gasteiger partial charge on any atom is -0.467 e. The number of rotatable bonds is 5. The van der Waals surface area contributed by atoms with E-state index in [0.717, 1.165) is 12.8 Å². The highest BCUT2D eigenvalue weighted by Crippen LogP contribution is 2.33. The highest BCUT2D eigenvalue weighted by molar-refractivity contribution is 5.93. The van der Waals surface area contributed by atoms with Crippen LogP contribution in [0.25, 0.3) is 0 Å². The molecule has 0 aromatic heterocycles. The van der Waals surface area contributed by atoms with Gasteiger partial charge in [-0.3, -0.25) is 9.59 Å². The molecule has 1 aliphatic heterocycles. The molecule has 2 amide bonds. The van der Waals surface area contributed by atoms with Crippen molar-refractivity contribution >= 4 is 17.8 Å². The van der Waals surface area contributed by atoms with Gasteiger partial charge in [-0.25, -0.2) is 4.79 Å². The molecule has 2 rings (SSSR count). The molecule has 100 valence electrons. The second-order valence-electron chi connectivity index (χ2n) is 4.92. The Balaban J connectivity index is 1.88. The predicted octanol–water partition coefficient (Wildman–Crippen LogP) is -0.277. The van der Waals surface area contributed by atoms with Crippen molar-refractivity contribution < 1.29 is 19.1 Å². The molecule has 18 heavy (non-hydrogen) atoms. The summed E-state index contributed by atoms with van der Waals surface area (Å²) < 4.78 is 4.68. The van der Waals surface area contributed by atoms with E-state index in [1.54, 1.807) is 0 Å². The fourth-order valence-electron chi connectivity index (χ4n) is 2.13. The third-order valence-electron chi connectivity index (χ3n) is 3.38. The van der Waals surface area contributed by atoms with Crippen LogP contribution in [-0.2, 0) is 19.1 Å². The molecule has 0 spiro atoms. The van der Waals surface area contributed by atoms with Crippen molar-refractivity contribution in [3.8, 4) is 0 Å². The summed E-state index contributed by atoms with van der Waals surface area (Å²) in [6, 6.07) is -1.10. The Morgan fingerprint density at radius 1 is 1.44 bits per heavy atom. The van der Waals surface area contributed by atoms with Crippen molar-refractivity contribution in [2.24, 2.45) is 5.92 Å². The molecule has 0 bridgehead atoms. The number of esters is 1. The van der Waals surface area contributed by atoms with E-state index in [0.29, 0.717) is 25.2 Å². The highest BCUT2D eigenvalue weighted by Gasteiger charge is 2.34. The zero-order valence-corrected chi connectivity index (χ0v) is 10.4. The maximum atomic E-state index is 11.9. The molecule has 0 radical (unpaired) electrons. The third-order valence-corrected chi connectivity index (χ3v) is 3.38. The molecular formula is C12H18N2O4. The number of carbonyl (C=O) groups is 3. The first-order chi connectivity index (χ1) is 8.60. The molecular weight excluding hydrogens is 236 g/mol. The average molecular weight is 254 g/mol. The van der Waals surface area contributed by atoms with Crippen LogP contribution in [0.2, 0.25) is 0 Å². The molecule has 1 aliphatic carbocycles. The maximum absolute atomic E-state index is 11.9. The number of ether oxygens (including phenoxy) is 1. The van der Waals surface area contributed by atoms with Crippen LogP contribution in [0.1, 0.15) is 32.1 Å². The third kappa shape index (κ3) is 3.21. The van der Waals surface area contributed by atoms with E-state index in [2.05, 4.69) is 15.4 Å². The normalized spacial score (nSPS) is 24.3. The topological polar surface area (TPSA) is 84.5 Å². The number of nitrogens with one attached hydrogen (secondary N) is 2. The zero-order chi connectivity index (χ0) is 13.1. The van der Waals surface area contributed by atoms with Gasteiger partial charge in [-0.05, 0) is 18.8 Å². The predicted molar refractivity (Wildman–Crippen MR) is 62.5 cm³/mol. The molecule has 6 heteroatoms. The largest absolute Gasteiger partial charge is 0.467 e. The molecule has 6 nitrogen and oxygen atoms in total. The number of amides is 2. The number of hydrogen-bond acceptors (Lipinski definition) is 4. The lowest BCUT2D eigenvalue weighted by atomic mass is 10.1. The van der Waals surface area contributed by atoms with E-state index >= 15 is 0 Å². The minimum atomic E-state index is -0.590. The fraction of sp³-hybridized carbons (Fsp3) is 0.750. The van der Waals surface area contributed by atoms with E-state index in [-0.39, 0.29) is 11.8 Å². The Kier molecular flexibility index (Phi) is 3.84. The van der Waals surface area contributed by atoms with Gasteiger partial charge in [0, 0.05) is 6.42 Å². The van der Waals surface area contributed by atoms with Crippen LogP contribution in [0.5, 0.6) is 0 Å². The van der Waals surface area contributed by atoms with Gasteiger partial charge in [0.2, 0.25) is 11.8 Å². The molecule has 1 heterocycles. The summed E-state index contributed by atoms with van der Waals surface area (Å²) in [5.41, 5.74) is 0. The van der Waals surface area contributed by atoms with Crippen LogP contribution < -0.4 is 10.6 Å². The second-order valence-corrected chi connectivity index (χ2v) is 4.92. The van der Waals surface area contributed by atoms with Gasteiger partial charge in [-0.15, -0.1) is 0 Å². The fourth-order valence-corrected chi connectivity index (χ4v) is 2.13. The molecule has 0 aromatic carbocycles. The lowest BCUT2D eigenvalue weighted by Gasteiger charge is -2.18. The highest BCUT2D eigenvalue weighted by atomic mass is 16.5. The number of methoxy groups -OCH3 is 1. The summed E-state index contributed by atoms with van der Waals surface area (Å²) in [7, 11) is 1.31. The average Bonchev–Trinajstić information content (AvgIpc) is 3.06. The molecule has 2 fully saturated rings. The van der Waals surface area contributed by atoms with Gasteiger partial charge in [0.15, 0.2) is 0 Å². The van der Waals surface area contributed by atoms with Gasteiger partial charge >= 0.3 is 5.97 Å². The maximum Gasteiger partial charge on any atom is 0.328 e. The van der Waals surface area contributed by atoms with Crippen LogP contribution in [0.3, 0.4) is 0 Å². The molecule has 0 aromatic rings. The van der Waals surface area contributed by atoms with Crippen LogP contribution in [0.4, 0.5) is 0 Å². The summed E-state index contributed by atoms with van der Waals surface area (Å²) in [6.07, 6.45) is 3.68. The van der Waals surface area contributed by atoms with Gasteiger partial charge < -0.3 is 15.4 Å². The minimum absolute atomic E-state index is 0.119. The van der Waals surface area contributed by atoms with Crippen molar-refractivity contribution in [3.05, 3.63) is 0 Å². The summed E-state index contributed by atoms with van der Waals surface area (Å²) in [6.45, 7) is 0. The van der Waals surface area contributed by atoms with Crippen molar-refractivity contribution in [1.82, 2.24) is 10.6 Å². The van der Waals surface area contributed by atoms with Gasteiger partial charge in [0.05, 0.1) is 7.11 Å². The molecule has 1 saturated heterocycles. The Labute approximate surface area is 105 Å². The standard InChI is InChI=1S/C12H18N2O4/c1-18-12(17)9(6-7-2-3-7)14-11(16)8-4-5-10(15)13-8/h7-9H,2-6H2,1H3,(H,13,15)(H,14,16)/t8-,9-/m1/s1. The summed E-state index contributed by atoms with van der Waals surface area (Å²) in [5.74, 6) is -0.323. The lowest BCUT2D eigenvalue weighted by Crippen LogP contribution is -2.49. The van der Waals surface area contributed by atoms with Crippen LogP contribution in [0.15, 0.2) is 0 Å². The van der Waals surface area contributed by atoms with Crippen molar-refractivity contribution in [2.45, 2.75) is 44.2 Å². The Morgan fingerprint density at radius 3 is 2.67 bits per heavy atom. The number of carbonyl (C=O) groups excluding carboxylic acids is 3. The first-order valence-corrected chi connectivity index (χ1v) is 6.27. The second kappa shape index (κ2) is 5.37. The number of hydrogen-bond donors (Lipinski definition) is 2. The molecule has 0 unspecified atom stereocenters. The summed E-state index contributed by atoms with van der Waals surface area (Å²) >= 11 is 0. The van der Waals surface area contributed by atoms with E-state index in [4.69, 9.17) is 0 Å². The van der Waals surface area contributed by atoms with Gasteiger partial charge in [-0.1, -0.05) is 12.8 Å². The molecule has 2 aliphatic rings. The van der Waals surface area contributed by atoms with E-state index in [9.17, 15) is 14.4 Å². The van der Waals surface area contributed by atoms with Gasteiger partial charge in [0.25, 0.3) is 0 Å². The van der Waals surface area contributed by atoms with Gasteiger partial charge in [-0.2, -0.15) is 0 Å². The Hall–Kier alpha value is -1.59. The van der Waals surface area contributed by atoms with Crippen LogP contribution >= 0.6 is 0 Å². The zero-order valence-electron chi connectivity index (χ0n) is 10.4. The smallest absolute Gasteiger partial charge is 0.328 e. The first-order valence-electron chi connectivity index (χ1n) is 6.27. The summed E-state index contributed by atoms with van der Waals surface area (Å²) in [4.78, 5) is 34.5. The van der Waals surface area contributed by atoms with E-state index in [1.807, 2.05) is 0 Å². The van der Waals surface area contributed by atoms with Crippen LogP contribution in [-0.4, -0.2) is 37.0 Å². The Morgan fingerprint density at radius 2 is 2.17 bits per heavy atom. The van der Waals surface area contributed by atoms with Gasteiger partial charge in [0.1, 0.15) is 12.1 Å². The van der Waals surface area contributed by atoms with E-state index < -0.39 is 18.1 Å². The Bertz CT molecular complexity index is 365. The molecule has 2 N–H and O–H groups in total. The van der Waals surface area contributed by atoms with Crippen molar-refractivity contribution in [2.75, 3.05) is 7.11 Å². The summed E-state index contributed by atoms with van der Waals surface area (Å²) in [5, 5.41) is 5.26.